The highest BCUT2D eigenvalue weighted by atomic mass is 16.3. The highest BCUT2D eigenvalue weighted by Crippen LogP contribution is 2.42. The van der Waals surface area contributed by atoms with E-state index in [0.717, 1.165) is 55.1 Å². The second kappa shape index (κ2) is 11.9. The summed E-state index contributed by atoms with van der Waals surface area (Å²) in [5.41, 5.74) is 7.93. The molecule has 0 aliphatic rings. The lowest BCUT2D eigenvalue weighted by molar-refractivity contribution is 0.669. The quantitative estimate of drug-likeness (QED) is 0.182. The van der Waals surface area contributed by atoms with Crippen molar-refractivity contribution in [3.63, 3.8) is 0 Å². The van der Waals surface area contributed by atoms with Gasteiger partial charge in [-0.15, -0.1) is 0 Å². The highest BCUT2D eigenvalue weighted by Gasteiger charge is 2.21. The van der Waals surface area contributed by atoms with Gasteiger partial charge in [0.25, 0.3) is 0 Å². The summed E-state index contributed by atoms with van der Waals surface area (Å²) in [5, 5.41) is 11.6. The van der Waals surface area contributed by atoms with Gasteiger partial charge in [0.05, 0.1) is 16.7 Å². The van der Waals surface area contributed by atoms with Crippen LogP contribution in [-0.2, 0) is 0 Å². The van der Waals surface area contributed by atoms with Crippen LogP contribution in [0.2, 0.25) is 0 Å². The molecule has 5 heteroatoms. The smallest absolute Gasteiger partial charge is 0.164 e. The van der Waals surface area contributed by atoms with Gasteiger partial charge in [-0.1, -0.05) is 133 Å². The molecule has 12 rings (SSSR count). The van der Waals surface area contributed by atoms with E-state index in [2.05, 4.69) is 126 Å². The van der Waals surface area contributed by atoms with Crippen LogP contribution in [0.15, 0.2) is 186 Å². The van der Waals surface area contributed by atoms with Gasteiger partial charge in [0.1, 0.15) is 11.2 Å². The Bertz CT molecular complexity index is 3540. The van der Waals surface area contributed by atoms with Gasteiger partial charge in [0.15, 0.2) is 17.5 Å². The van der Waals surface area contributed by atoms with E-state index in [9.17, 15) is 0 Å². The van der Waals surface area contributed by atoms with Gasteiger partial charge in [-0.3, -0.25) is 0 Å². The van der Waals surface area contributed by atoms with Crippen molar-refractivity contribution in [2.75, 3.05) is 0 Å². The Balaban J connectivity index is 1.12. The molecule has 0 N–H and O–H groups in total. The van der Waals surface area contributed by atoms with Crippen molar-refractivity contribution in [1.82, 2.24) is 19.5 Å². The van der Waals surface area contributed by atoms with Gasteiger partial charge in [-0.05, 0) is 70.1 Å². The van der Waals surface area contributed by atoms with E-state index in [1.165, 1.54) is 43.4 Å². The topological polar surface area (TPSA) is 56.7 Å². The van der Waals surface area contributed by atoms with Crippen LogP contribution in [0.5, 0.6) is 0 Å². The molecule has 3 aromatic heterocycles. The van der Waals surface area contributed by atoms with Crippen molar-refractivity contribution in [3.8, 4) is 39.9 Å². The summed E-state index contributed by atoms with van der Waals surface area (Å²) < 4.78 is 8.63. The Morgan fingerprint density at radius 2 is 1.00 bits per heavy atom. The number of hydrogen-bond donors (Lipinski definition) is 0. The van der Waals surface area contributed by atoms with Crippen molar-refractivity contribution >= 4 is 76.1 Å². The van der Waals surface area contributed by atoms with Gasteiger partial charge in [0, 0.05) is 49.0 Å². The van der Waals surface area contributed by atoms with Gasteiger partial charge >= 0.3 is 0 Å². The molecule has 3 heterocycles. The first kappa shape index (κ1) is 30.8. The molecule has 0 aliphatic carbocycles. The summed E-state index contributed by atoms with van der Waals surface area (Å²) in [5.74, 6) is 1.85. The minimum absolute atomic E-state index is 0.606. The largest absolute Gasteiger partial charge is 0.456 e. The van der Waals surface area contributed by atoms with E-state index in [1.54, 1.807) is 0 Å². The van der Waals surface area contributed by atoms with Crippen LogP contribution >= 0.6 is 0 Å². The molecule has 0 saturated heterocycles. The van der Waals surface area contributed by atoms with Crippen molar-refractivity contribution in [3.05, 3.63) is 182 Å². The standard InChI is InChI=1S/C51H30N4O/c1-2-13-32(14-3-1)49-52-50(35-23-27-47-43(29-35)39-20-10-11-21-46(39)56-47)54-51(53-49)41-25-26-44(38-19-9-8-18-37(38)41)55-45-30-34-16-5-4-15-33(34)28-42(45)40-24-22-31-12-6-7-17-36(31)48(40)55/h1-30H. The number of rotatable bonds is 4. The van der Waals surface area contributed by atoms with E-state index < -0.39 is 0 Å². The first-order valence-corrected chi connectivity index (χ1v) is 18.9. The predicted molar refractivity (Wildman–Crippen MR) is 230 cm³/mol. The zero-order chi connectivity index (χ0) is 36.7. The third-order valence-electron chi connectivity index (χ3n) is 11.2. The Labute approximate surface area is 320 Å². The molecule has 0 radical (unpaired) electrons. The number of furan rings is 1. The molecule has 0 bridgehead atoms. The van der Waals surface area contributed by atoms with Crippen LogP contribution in [0.4, 0.5) is 0 Å². The van der Waals surface area contributed by atoms with Gasteiger partial charge in [-0.25, -0.2) is 15.0 Å². The van der Waals surface area contributed by atoms with Crippen LogP contribution in [0.1, 0.15) is 0 Å². The maximum atomic E-state index is 6.16. The van der Waals surface area contributed by atoms with Crippen LogP contribution in [0.25, 0.3) is 116 Å². The summed E-state index contributed by atoms with van der Waals surface area (Å²) in [6.45, 7) is 0. The lowest BCUT2D eigenvalue weighted by atomic mass is 10.0. The van der Waals surface area contributed by atoms with Crippen molar-refractivity contribution < 1.29 is 4.42 Å². The maximum Gasteiger partial charge on any atom is 0.164 e. The number of aromatic nitrogens is 4. The predicted octanol–water partition coefficient (Wildman–Crippen LogP) is 13.3. The average Bonchev–Trinajstić information content (AvgIpc) is 3.80. The summed E-state index contributed by atoms with van der Waals surface area (Å²) in [6, 6.07) is 64.0. The minimum Gasteiger partial charge on any atom is -0.456 e. The summed E-state index contributed by atoms with van der Waals surface area (Å²) >= 11 is 0. The molecule has 0 atom stereocenters. The number of fused-ring (bicyclic) bond motifs is 10. The van der Waals surface area contributed by atoms with Crippen LogP contribution in [0.3, 0.4) is 0 Å². The van der Waals surface area contributed by atoms with Crippen LogP contribution in [0, 0.1) is 0 Å². The molecular formula is C51H30N4O. The maximum absolute atomic E-state index is 6.16. The monoisotopic (exact) mass is 714 g/mol. The lowest BCUT2D eigenvalue weighted by Crippen LogP contribution is -2.02. The van der Waals surface area contributed by atoms with E-state index in [-0.39, 0.29) is 0 Å². The zero-order valence-electron chi connectivity index (χ0n) is 30.0. The highest BCUT2D eigenvalue weighted by molar-refractivity contribution is 6.21. The zero-order valence-corrected chi connectivity index (χ0v) is 30.0. The summed E-state index contributed by atoms with van der Waals surface area (Å²) in [6.07, 6.45) is 0. The number of hydrogen-bond acceptors (Lipinski definition) is 4. The fourth-order valence-electron chi connectivity index (χ4n) is 8.59. The summed E-state index contributed by atoms with van der Waals surface area (Å²) in [4.78, 5) is 15.5. The van der Waals surface area contributed by atoms with Gasteiger partial charge in [0.2, 0.25) is 0 Å². The molecule has 0 saturated carbocycles. The Kier molecular flexibility index (Phi) is 6.56. The van der Waals surface area contributed by atoms with Crippen molar-refractivity contribution in [2.24, 2.45) is 0 Å². The molecule has 12 aromatic rings. The minimum atomic E-state index is 0.606. The Morgan fingerprint density at radius 3 is 1.84 bits per heavy atom. The van der Waals surface area contributed by atoms with E-state index in [1.807, 2.05) is 60.7 Å². The molecule has 0 unspecified atom stereocenters. The number of nitrogens with zero attached hydrogens (tertiary/aromatic N) is 4. The Morgan fingerprint density at radius 1 is 0.357 bits per heavy atom. The van der Waals surface area contributed by atoms with Crippen molar-refractivity contribution in [1.29, 1.82) is 0 Å². The normalized spacial score (nSPS) is 11.9. The fraction of sp³-hybridized carbons (Fsp3) is 0. The third-order valence-corrected chi connectivity index (χ3v) is 11.2. The van der Waals surface area contributed by atoms with Crippen molar-refractivity contribution in [2.45, 2.75) is 0 Å². The Hall–Kier alpha value is -7.63. The first-order valence-electron chi connectivity index (χ1n) is 18.9. The number of para-hydroxylation sites is 1. The van der Waals surface area contributed by atoms with Gasteiger partial charge in [-0.2, -0.15) is 0 Å². The molecule has 0 amide bonds. The lowest BCUT2D eigenvalue weighted by Gasteiger charge is -2.16. The third kappa shape index (κ3) is 4.64. The molecule has 56 heavy (non-hydrogen) atoms. The molecule has 0 aliphatic heterocycles. The molecule has 9 aromatic carbocycles. The molecule has 5 nitrogen and oxygen atoms in total. The van der Waals surface area contributed by atoms with E-state index in [4.69, 9.17) is 19.4 Å². The van der Waals surface area contributed by atoms with Crippen LogP contribution < -0.4 is 0 Å². The SMILES string of the molecule is c1ccc(-c2nc(-c3ccc4oc5ccccc5c4c3)nc(-c3ccc(-n4c5cc6ccccc6cc5c5ccc6ccccc6c54)c4ccccc34)n2)cc1. The van der Waals surface area contributed by atoms with Crippen LogP contribution in [-0.4, -0.2) is 19.5 Å². The van der Waals surface area contributed by atoms with E-state index in [0.29, 0.717) is 17.5 Å². The average molecular weight is 715 g/mol. The van der Waals surface area contributed by atoms with E-state index >= 15 is 0 Å². The molecule has 0 spiro atoms. The molecule has 260 valence electrons. The fourth-order valence-corrected chi connectivity index (χ4v) is 8.59. The first-order chi connectivity index (χ1) is 27.7. The molecular weight excluding hydrogens is 685 g/mol. The number of benzene rings is 9. The van der Waals surface area contributed by atoms with Gasteiger partial charge < -0.3 is 8.98 Å². The molecule has 0 fully saturated rings. The second-order valence-electron chi connectivity index (χ2n) is 14.4. The second-order valence-corrected chi connectivity index (χ2v) is 14.4. The summed E-state index contributed by atoms with van der Waals surface area (Å²) in [7, 11) is 0.